The number of ether oxygens (including phenoxy) is 1. The number of carbonyl (C=O) groups is 3. The summed E-state index contributed by atoms with van der Waals surface area (Å²) in [4.78, 5) is 44.8. The van der Waals surface area contributed by atoms with Gasteiger partial charge in [-0.2, -0.15) is 0 Å². The Morgan fingerprint density at radius 2 is 1.68 bits per heavy atom. The van der Waals surface area contributed by atoms with Gasteiger partial charge in [-0.1, -0.05) is 52.3 Å². The Morgan fingerprint density at radius 3 is 2.40 bits per heavy atom. The Morgan fingerprint density at radius 1 is 0.936 bits per heavy atom. The maximum atomic E-state index is 13.5. The van der Waals surface area contributed by atoms with E-state index in [1.54, 1.807) is 48.5 Å². The maximum Gasteiger partial charge on any atom is 0.272 e. The number of carbonyl (C=O) groups excluding carboxylic acids is 3. The van der Waals surface area contributed by atoms with Gasteiger partial charge in [0, 0.05) is 31.6 Å². The highest BCUT2D eigenvalue weighted by atomic mass is 79.9. The fourth-order valence-electron chi connectivity index (χ4n) is 4.33. The van der Waals surface area contributed by atoms with Crippen molar-refractivity contribution in [2.75, 3.05) is 17.2 Å². The molecular formula is C36H31BrN4O4S2. The van der Waals surface area contributed by atoms with E-state index in [1.165, 1.54) is 23.1 Å². The highest BCUT2D eigenvalue weighted by molar-refractivity contribution is 9.10. The summed E-state index contributed by atoms with van der Waals surface area (Å²) in [5.74, 6) is -0.292. The van der Waals surface area contributed by atoms with Gasteiger partial charge in [0.15, 0.2) is 5.13 Å². The van der Waals surface area contributed by atoms with Crippen LogP contribution in [0.4, 0.5) is 10.8 Å². The van der Waals surface area contributed by atoms with Crippen molar-refractivity contribution < 1.29 is 19.1 Å². The molecule has 5 aromatic rings. The minimum Gasteiger partial charge on any atom is -0.494 e. The zero-order valence-corrected chi connectivity index (χ0v) is 28.7. The topological polar surface area (TPSA) is 109 Å². The summed E-state index contributed by atoms with van der Waals surface area (Å²) >= 11 is 6.13. The van der Waals surface area contributed by atoms with Crippen LogP contribution in [0.25, 0.3) is 17.3 Å². The van der Waals surface area contributed by atoms with Crippen molar-refractivity contribution in [1.29, 1.82) is 0 Å². The number of nitrogens with zero attached hydrogens (tertiary/aromatic N) is 1. The van der Waals surface area contributed by atoms with Crippen LogP contribution < -0.4 is 20.7 Å². The van der Waals surface area contributed by atoms with Crippen molar-refractivity contribution in [2.24, 2.45) is 0 Å². The lowest BCUT2D eigenvalue weighted by Gasteiger charge is -2.13. The van der Waals surface area contributed by atoms with E-state index in [0.29, 0.717) is 23.0 Å². The lowest BCUT2D eigenvalue weighted by molar-refractivity contribution is -0.115. The Balaban J connectivity index is 1.23. The number of aromatic nitrogens is 1. The molecule has 0 bridgehead atoms. The van der Waals surface area contributed by atoms with E-state index in [-0.39, 0.29) is 11.6 Å². The van der Waals surface area contributed by atoms with Crippen LogP contribution in [0.3, 0.4) is 0 Å². The van der Waals surface area contributed by atoms with Crippen LogP contribution in [0.2, 0.25) is 0 Å². The highest BCUT2D eigenvalue weighted by Gasteiger charge is 2.18. The van der Waals surface area contributed by atoms with Crippen molar-refractivity contribution in [3.05, 3.63) is 130 Å². The predicted molar refractivity (Wildman–Crippen MR) is 194 cm³/mol. The van der Waals surface area contributed by atoms with Crippen LogP contribution in [0.15, 0.2) is 124 Å². The molecule has 3 N–H and O–H groups in total. The molecule has 0 aliphatic carbocycles. The molecule has 5 rings (SSSR count). The molecule has 238 valence electrons. The average Bonchev–Trinajstić information content (AvgIpc) is 3.54. The molecule has 4 aromatic carbocycles. The Hall–Kier alpha value is -4.71. The Kier molecular flexibility index (Phi) is 11.6. The second-order valence-electron chi connectivity index (χ2n) is 10.2. The second kappa shape index (κ2) is 16.2. The molecule has 0 spiro atoms. The van der Waals surface area contributed by atoms with E-state index in [0.717, 1.165) is 31.9 Å². The minimum absolute atomic E-state index is 0.0834. The van der Waals surface area contributed by atoms with Gasteiger partial charge in [0.05, 0.1) is 17.6 Å². The van der Waals surface area contributed by atoms with Crippen LogP contribution >= 0.6 is 39.0 Å². The molecule has 1 heterocycles. The van der Waals surface area contributed by atoms with Crippen molar-refractivity contribution in [3.8, 4) is 17.0 Å². The Labute approximate surface area is 289 Å². The number of thiazole rings is 1. The first kappa shape index (κ1) is 33.6. The first-order valence-corrected chi connectivity index (χ1v) is 17.2. The Bertz CT molecular complexity index is 1880. The maximum absolute atomic E-state index is 13.5. The third kappa shape index (κ3) is 9.65. The van der Waals surface area contributed by atoms with Crippen molar-refractivity contribution in [1.82, 2.24) is 10.3 Å². The van der Waals surface area contributed by atoms with Gasteiger partial charge in [0.1, 0.15) is 11.4 Å². The normalized spacial score (nSPS) is 11.8. The number of benzene rings is 4. The van der Waals surface area contributed by atoms with Crippen LogP contribution in [-0.4, -0.2) is 34.6 Å². The molecule has 1 aromatic heterocycles. The zero-order chi connectivity index (χ0) is 33.2. The molecule has 0 aliphatic heterocycles. The number of nitrogens with one attached hydrogen (secondary N) is 3. The molecule has 0 aliphatic rings. The third-order valence-corrected chi connectivity index (χ3v) is 9.06. The lowest BCUT2D eigenvalue weighted by atomic mass is 10.1. The molecule has 0 saturated heterocycles. The molecular weight excluding hydrogens is 696 g/mol. The van der Waals surface area contributed by atoms with Gasteiger partial charge in [0.2, 0.25) is 5.91 Å². The number of anilines is 2. The van der Waals surface area contributed by atoms with Crippen LogP contribution in [0.5, 0.6) is 5.75 Å². The van der Waals surface area contributed by atoms with Gasteiger partial charge in [-0.05, 0) is 92.2 Å². The highest BCUT2D eigenvalue weighted by Crippen LogP contribution is 2.29. The van der Waals surface area contributed by atoms with E-state index in [1.807, 2.05) is 79.9 Å². The van der Waals surface area contributed by atoms with Gasteiger partial charge in [-0.15, -0.1) is 23.1 Å². The largest absolute Gasteiger partial charge is 0.494 e. The fourth-order valence-corrected chi connectivity index (χ4v) is 6.24. The number of rotatable bonds is 12. The molecule has 0 saturated carbocycles. The van der Waals surface area contributed by atoms with E-state index in [2.05, 4.69) is 36.9 Å². The van der Waals surface area contributed by atoms with Gasteiger partial charge in [0.25, 0.3) is 11.8 Å². The van der Waals surface area contributed by atoms with Crippen molar-refractivity contribution in [2.45, 2.75) is 24.0 Å². The standard InChI is InChI=1S/C36H31BrN4O4S2/c1-3-45-29-18-14-25(15-19-29)32-22-46-36(40-32)41-33(42)23(2)47-30-11-7-10-28(21-30)38-35(44)31(20-24-12-16-27(37)17-13-24)39-34(43)26-8-5-4-6-9-26/h4-23H,3H2,1-2H3,(H,38,44)(H,39,43)(H,40,41,42)/b31-20-. The van der Waals surface area contributed by atoms with Gasteiger partial charge >= 0.3 is 0 Å². The fraction of sp³-hybridized carbons (Fsp3) is 0.111. The minimum atomic E-state index is -0.489. The zero-order valence-electron chi connectivity index (χ0n) is 25.5. The number of amides is 3. The molecule has 3 amide bonds. The second-order valence-corrected chi connectivity index (χ2v) is 13.3. The van der Waals surface area contributed by atoms with Gasteiger partial charge in [-0.25, -0.2) is 4.98 Å². The summed E-state index contributed by atoms with van der Waals surface area (Å²) < 4.78 is 6.40. The monoisotopic (exact) mass is 726 g/mol. The smallest absolute Gasteiger partial charge is 0.272 e. The molecule has 1 atom stereocenters. The summed E-state index contributed by atoms with van der Waals surface area (Å²) in [6, 6.07) is 30.9. The number of hydrogen-bond acceptors (Lipinski definition) is 7. The summed E-state index contributed by atoms with van der Waals surface area (Å²) in [6.45, 7) is 4.35. The van der Waals surface area contributed by atoms with Crippen molar-refractivity contribution in [3.63, 3.8) is 0 Å². The first-order chi connectivity index (χ1) is 22.8. The summed E-state index contributed by atoms with van der Waals surface area (Å²) in [6.07, 6.45) is 1.62. The van der Waals surface area contributed by atoms with Gasteiger partial charge in [-0.3, -0.25) is 14.4 Å². The van der Waals surface area contributed by atoms with Gasteiger partial charge < -0.3 is 20.7 Å². The van der Waals surface area contributed by atoms with E-state index in [4.69, 9.17) is 4.74 Å². The number of thioether (sulfide) groups is 1. The summed E-state index contributed by atoms with van der Waals surface area (Å²) in [5, 5.41) is 10.5. The van der Waals surface area contributed by atoms with Crippen LogP contribution in [0, 0.1) is 0 Å². The van der Waals surface area contributed by atoms with E-state index < -0.39 is 17.1 Å². The van der Waals surface area contributed by atoms with E-state index >= 15 is 0 Å². The quantitative estimate of drug-likeness (QED) is 0.0879. The van der Waals surface area contributed by atoms with Crippen LogP contribution in [-0.2, 0) is 9.59 Å². The third-order valence-electron chi connectivity index (χ3n) is 6.68. The summed E-state index contributed by atoms with van der Waals surface area (Å²) in [7, 11) is 0. The molecule has 1 unspecified atom stereocenters. The predicted octanol–water partition coefficient (Wildman–Crippen LogP) is 8.50. The molecule has 11 heteroatoms. The van der Waals surface area contributed by atoms with E-state index in [9.17, 15) is 14.4 Å². The SMILES string of the molecule is CCOc1ccc(-c2csc(NC(=O)C(C)Sc3cccc(NC(=O)/C(=C/c4ccc(Br)cc4)NC(=O)c4ccccc4)c3)n2)cc1. The summed E-state index contributed by atoms with van der Waals surface area (Å²) in [5.41, 5.74) is 3.47. The number of halogens is 1. The van der Waals surface area contributed by atoms with Crippen molar-refractivity contribution >= 4 is 73.6 Å². The number of hydrogen-bond donors (Lipinski definition) is 3. The molecule has 0 fully saturated rings. The first-order valence-electron chi connectivity index (χ1n) is 14.7. The lowest BCUT2D eigenvalue weighted by Crippen LogP contribution is -2.30. The molecule has 0 radical (unpaired) electrons. The average molecular weight is 728 g/mol. The molecule has 47 heavy (non-hydrogen) atoms. The molecule has 8 nitrogen and oxygen atoms in total. The van der Waals surface area contributed by atoms with Crippen LogP contribution in [0.1, 0.15) is 29.8 Å².